The Kier molecular flexibility index (Phi) is 4.33. The van der Waals surface area contributed by atoms with Gasteiger partial charge < -0.3 is 9.32 Å². The lowest BCUT2D eigenvalue weighted by Gasteiger charge is -2.21. The second-order valence-electron chi connectivity index (χ2n) is 4.30. The summed E-state index contributed by atoms with van der Waals surface area (Å²) in [5, 5.41) is 11.3. The number of nitro groups is 1. The maximum absolute atomic E-state index is 11.3. The highest BCUT2D eigenvalue weighted by Gasteiger charge is 2.26. The van der Waals surface area contributed by atoms with E-state index in [9.17, 15) is 10.1 Å². The van der Waals surface area contributed by atoms with E-state index in [1.54, 1.807) is 30.2 Å². The van der Waals surface area contributed by atoms with Crippen molar-refractivity contribution in [1.29, 1.82) is 0 Å². The van der Waals surface area contributed by atoms with E-state index in [0.717, 1.165) is 0 Å². The van der Waals surface area contributed by atoms with Crippen LogP contribution < -0.4 is 16.2 Å². The van der Waals surface area contributed by atoms with Gasteiger partial charge in [0, 0.05) is 6.54 Å². The molecule has 0 amide bonds. The van der Waals surface area contributed by atoms with Gasteiger partial charge in [-0.1, -0.05) is 0 Å². The molecule has 0 bridgehead atoms. The standard InChI is InChI=1S/C12H16N6O3/c1-3-17(7-9-5-4-6-21-9)11-10(18(19)20)8(2)14-12(15-11)16-13/h4-6H,3,7,13H2,1-2H3,(H,14,15,16). The van der Waals surface area contributed by atoms with Crippen LogP contribution in [0.25, 0.3) is 0 Å². The molecule has 0 aliphatic rings. The van der Waals surface area contributed by atoms with Gasteiger partial charge in [0.15, 0.2) is 0 Å². The zero-order valence-corrected chi connectivity index (χ0v) is 11.7. The Labute approximate surface area is 120 Å². The van der Waals surface area contributed by atoms with Crippen LogP contribution in [0.2, 0.25) is 0 Å². The van der Waals surface area contributed by atoms with E-state index >= 15 is 0 Å². The van der Waals surface area contributed by atoms with Crippen molar-refractivity contribution in [2.45, 2.75) is 20.4 Å². The molecule has 0 aliphatic heterocycles. The number of hydrogen-bond acceptors (Lipinski definition) is 8. The van der Waals surface area contributed by atoms with Crippen molar-refractivity contribution >= 4 is 17.5 Å². The van der Waals surface area contributed by atoms with Gasteiger partial charge in [-0.15, -0.1) is 0 Å². The van der Waals surface area contributed by atoms with Crippen LogP contribution in [0, 0.1) is 17.0 Å². The van der Waals surface area contributed by atoms with Crippen molar-refractivity contribution in [3.8, 4) is 0 Å². The molecule has 0 atom stereocenters. The molecule has 2 rings (SSSR count). The number of hydrogen-bond donors (Lipinski definition) is 2. The van der Waals surface area contributed by atoms with Crippen LogP contribution in [0.4, 0.5) is 17.5 Å². The average molecular weight is 292 g/mol. The fourth-order valence-corrected chi connectivity index (χ4v) is 1.98. The van der Waals surface area contributed by atoms with Crippen LogP contribution in [-0.2, 0) is 6.54 Å². The molecule has 0 saturated carbocycles. The van der Waals surface area contributed by atoms with Crippen molar-refractivity contribution in [2.75, 3.05) is 16.9 Å². The van der Waals surface area contributed by atoms with Crippen LogP contribution in [-0.4, -0.2) is 21.4 Å². The quantitative estimate of drug-likeness (QED) is 0.467. The van der Waals surface area contributed by atoms with E-state index in [0.29, 0.717) is 18.8 Å². The van der Waals surface area contributed by atoms with Crippen LogP contribution >= 0.6 is 0 Å². The predicted molar refractivity (Wildman–Crippen MR) is 76.7 cm³/mol. The molecule has 0 aromatic carbocycles. The molecule has 0 aliphatic carbocycles. The number of nitrogens with zero attached hydrogens (tertiary/aromatic N) is 4. The normalized spacial score (nSPS) is 10.4. The molecule has 0 saturated heterocycles. The number of aryl methyl sites for hydroxylation is 1. The summed E-state index contributed by atoms with van der Waals surface area (Å²) in [5.41, 5.74) is 2.43. The molecule has 9 nitrogen and oxygen atoms in total. The minimum Gasteiger partial charge on any atom is -0.467 e. The van der Waals surface area contributed by atoms with Gasteiger partial charge in [-0.05, 0) is 26.0 Å². The molecule has 21 heavy (non-hydrogen) atoms. The minimum atomic E-state index is -0.490. The second-order valence-corrected chi connectivity index (χ2v) is 4.30. The van der Waals surface area contributed by atoms with Crippen molar-refractivity contribution in [3.63, 3.8) is 0 Å². The molecule has 3 N–H and O–H groups in total. The number of nitrogens with two attached hydrogens (primary N) is 1. The summed E-state index contributed by atoms with van der Waals surface area (Å²) in [6.45, 7) is 4.30. The number of furan rings is 1. The number of anilines is 2. The number of nitrogen functional groups attached to an aromatic ring is 1. The molecule has 9 heteroatoms. The summed E-state index contributed by atoms with van der Waals surface area (Å²) >= 11 is 0. The molecule has 0 radical (unpaired) electrons. The highest BCUT2D eigenvalue weighted by Crippen LogP contribution is 2.30. The van der Waals surface area contributed by atoms with E-state index in [4.69, 9.17) is 10.3 Å². The summed E-state index contributed by atoms with van der Waals surface area (Å²) in [6, 6.07) is 3.56. The maximum atomic E-state index is 11.3. The molecule has 2 heterocycles. The van der Waals surface area contributed by atoms with Crippen molar-refractivity contribution in [1.82, 2.24) is 9.97 Å². The smallest absolute Gasteiger partial charge is 0.332 e. The second kappa shape index (κ2) is 6.18. The minimum absolute atomic E-state index is 0.131. The van der Waals surface area contributed by atoms with E-state index in [-0.39, 0.29) is 23.1 Å². The largest absolute Gasteiger partial charge is 0.467 e. The third-order valence-corrected chi connectivity index (χ3v) is 2.96. The van der Waals surface area contributed by atoms with Gasteiger partial charge in [0.25, 0.3) is 0 Å². The van der Waals surface area contributed by atoms with E-state index in [2.05, 4.69) is 15.4 Å². The number of hydrazine groups is 1. The average Bonchev–Trinajstić information content (AvgIpc) is 2.96. The first kappa shape index (κ1) is 14.7. The van der Waals surface area contributed by atoms with Crippen LogP contribution in [0.5, 0.6) is 0 Å². The predicted octanol–water partition coefficient (Wildman–Crippen LogP) is 1.60. The fraction of sp³-hybridized carbons (Fsp3) is 0.333. The Morgan fingerprint density at radius 3 is 2.81 bits per heavy atom. The fourth-order valence-electron chi connectivity index (χ4n) is 1.98. The molecule has 0 spiro atoms. The highest BCUT2D eigenvalue weighted by atomic mass is 16.6. The van der Waals surface area contributed by atoms with Gasteiger partial charge in [-0.2, -0.15) is 4.98 Å². The third-order valence-electron chi connectivity index (χ3n) is 2.96. The van der Waals surface area contributed by atoms with Gasteiger partial charge >= 0.3 is 5.69 Å². The zero-order valence-electron chi connectivity index (χ0n) is 11.7. The number of rotatable bonds is 6. The molecule has 0 fully saturated rings. The summed E-state index contributed by atoms with van der Waals surface area (Å²) in [6.07, 6.45) is 1.55. The third kappa shape index (κ3) is 3.08. The highest BCUT2D eigenvalue weighted by molar-refractivity contribution is 5.62. The van der Waals surface area contributed by atoms with Crippen molar-refractivity contribution in [2.24, 2.45) is 5.84 Å². The van der Waals surface area contributed by atoms with E-state index in [1.807, 2.05) is 6.92 Å². The lowest BCUT2D eigenvalue weighted by molar-refractivity contribution is -0.385. The lowest BCUT2D eigenvalue weighted by atomic mass is 10.3. The zero-order chi connectivity index (χ0) is 15.4. The first-order valence-electron chi connectivity index (χ1n) is 6.33. The Hall–Kier alpha value is -2.68. The van der Waals surface area contributed by atoms with Gasteiger partial charge in [-0.25, -0.2) is 10.8 Å². The van der Waals surface area contributed by atoms with Crippen LogP contribution in [0.1, 0.15) is 18.4 Å². The van der Waals surface area contributed by atoms with Crippen molar-refractivity contribution < 1.29 is 9.34 Å². The van der Waals surface area contributed by atoms with E-state index < -0.39 is 4.92 Å². The van der Waals surface area contributed by atoms with Gasteiger partial charge in [0.1, 0.15) is 11.5 Å². The SMILES string of the molecule is CCN(Cc1ccco1)c1nc(NN)nc(C)c1[N+](=O)[O-]. The molecular weight excluding hydrogens is 276 g/mol. The lowest BCUT2D eigenvalue weighted by Crippen LogP contribution is -2.25. The summed E-state index contributed by atoms with van der Waals surface area (Å²) < 4.78 is 5.28. The summed E-state index contributed by atoms with van der Waals surface area (Å²) in [4.78, 5) is 20.6. The van der Waals surface area contributed by atoms with Crippen molar-refractivity contribution in [3.05, 3.63) is 40.0 Å². The number of nitrogens with one attached hydrogen (secondary N) is 1. The molecule has 112 valence electrons. The first-order valence-corrected chi connectivity index (χ1v) is 6.33. The maximum Gasteiger partial charge on any atom is 0.332 e. The Balaban J connectivity index is 2.47. The molecule has 2 aromatic heterocycles. The molecule has 2 aromatic rings. The number of aromatic nitrogens is 2. The van der Waals surface area contributed by atoms with E-state index in [1.165, 1.54) is 0 Å². The van der Waals surface area contributed by atoms with Gasteiger partial charge in [0.05, 0.1) is 17.7 Å². The van der Waals surface area contributed by atoms with Gasteiger partial charge in [0.2, 0.25) is 11.8 Å². The Bertz CT molecular complexity index is 628. The summed E-state index contributed by atoms with van der Waals surface area (Å²) in [5.74, 6) is 6.33. The van der Waals surface area contributed by atoms with Gasteiger partial charge in [-0.3, -0.25) is 15.5 Å². The molecular formula is C12H16N6O3. The monoisotopic (exact) mass is 292 g/mol. The topological polar surface area (TPSA) is 123 Å². The van der Waals surface area contributed by atoms with Crippen LogP contribution in [0.15, 0.2) is 22.8 Å². The van der Waals surface area contributed by atoms with Crippen LogP contribution in [0.3, 0.4) is 0 Å². The molecule has 0 unspecified atom stereocenters. The summed E-state index contributed by atoms with van der Waals surface area (Å²) in [7, 11) is 0. The first-order chi connectivity index (χ1) is 10.1. The Morgan fingerprint density at radius 1 is 1.52 bits per heavy atom. The Morgan fingerprint density at radius 2 is 2.29 bits per heavy atom.